The molecule has 2 saturated heterocycles. The lowest BCUT2D eigenvalue weighted by atomic mass is 9.72. The number of aromatic nitrogens is 20. The predicted octanol–water partition coefficient (Wildman–Crippen LogP) is 10.9. The number of hydrogen-bond donors (Lipinski definition) is 7. The molecule has 0 bridgehead atoms. The van der Waals surface area contributed by atoms with Crippen LogP contribution in [0.15, 0.2) is 190 Å². The summed E-state index contributed by atoms with van der Waals surface area (Å²) < 4.78 is 25.5. The minimum Gasteiger partial charge on any atom is -0.389 e. The molecule has 3 saturated carbocycles. The summed E-state index contributed by atoms with van der Waals surface area (Å²) in [5.41, 5.74) is 32.9. The molecule has 4 aromatic carbocycles. The van der Waals surface area contributed by atoms with E-state index in [4.69, 9.17) is 56.0 Å². The van der Waals surface area contributed by atoms with E-state index in [1.54, 1.807) is 112 Å². The van der Waals surface area contributed by atoms with E-state index in [2.05, 4.69) is 202 Å². The third-order valence-electron chi connectivity index (χ3n) is 24.4. The molecule has 4 atom stereocenters. The van der Waals surface area contributed by atoms with E-state index in [0.29, 0.717) is 109 Å². The molecule has 124 heavy (non-hydrogen) atoms. The lowest BCUT2D eigenvalue weighted by Gasteiger charge is -2.42. The van der Waals surface area contributed by atoms with Gasteiger partial charge in [0.05, 0.1) is 95.2 Å². The van der Waals surface area contributed by atoms with Crippen molar-refractivity contribution in [3.63, 3.8) is 0 Å². The van der Waals surface area contributed by atoms with Gasteiger partial charge >= 0.3 is 12.0 Å². The van der Waals surface area contributed by atoms with Gasteiger partial charge in [-0.05, 0) is 155 Å². The maximum atomic E-state index is 12.0. The van der Waals surface area contributed by atoms with Gasteiger partial charge in [0.1, 0.15) is 6.54 Å². The molecule has 640 valence electrons. The maximum absolute atomic E-state index is 12.0. The van der Waals surface area contributed by atoms with E-state index >= 15 is 0 Å². The molecule has 5 fully saturated rings. The number of rotatable bonds is 24. The van der Waals surface area contributed by atoms with Gasteiger partial charge in [0, 0.05) is 98.3 Å². The monoisotopic (exact) mass is 1680 g/mol. The van der Waals surface area contributed by atoms with Gasteiger partial charge in [0.15, 0.2) is 23.3 Å². The van der Waals surface area contributed by atoms with Crippen molar-refractivity contribution in [2.45, 2.75) is 153 Å². The molecule has 35 heteroatoms. The molecule has 35 nitrogen and oxygen atoms in total. The minimum absolute atomic E-state index is 0.0452. The molecule has 2 unspecified atom stereocenters. The zero-order valence-electron chi connectivity index (χ0n) is 71.0. The molecule has 0 radical (unpaired) electrons. The molecule has 0 spiro atoms. The Labute approximate surface area is 715 Å². The highest BCUT2D eigenvalue weighted by Crippen LogP contribution is 2.54. The third-order valence-corrected chi connectivity index (χ3v) is 24.4. The standard InChI is InChI=1S/C24H26N8O2.C24H29N7O2.C21H24N6O2.C20H22N6O2/c1-24(19-8-9-19,18-6-4-15(5-7-18)16-10-26-23(25)27-11-16)22-29-21(34-30-22)17-12-28-32(13-17)14-20(33)31(2)3;1-15(2)24(5,19-8-6-16(7-9-19)17-10-26-22(25)27-11-17)21-29-20(33-30-21)18-12-28-31(13-18)14-23(3,4)32;1-20(28)11-27(12-20)19-25-17(26-29-19)21(2,16-7-8-16)15-5-3-13(4-6-15)14-9-23-18(22)24-10-14;1-20(15-6-7-15,17-24-19(28-25-17)26-10-16(27)11-26)14-4-2-12(3-5-14)13-8-22-18(21)23-9-13/h4-7,10-13,19H,8-9,14H2,1-3H3,(H2,25,26,27);6-13,15,32H,14H2,1-5H3,(H2,25,26,27);3-6,9-10,16,28H,7-8,11-12H2,1-2H3,(H2,22,23,24);2-5,8-9,15-16,27H,6-7,10-11H2,1H3,(H2,21,22,23)/t2*24-;;/m01../s1. The molecule has 19 rings (SSSR count). The summed E-state index contributed by atoms with van der Waals surface area (Å²) in [4.78, 5) is 68.7. The number of aliphatic hydroxyl groups is 3. The average Bonchev–Trinajstić information content (AvgIpc) is 1.60. The van der Waals surface area contributed by atoms with Crippen LogP contribution in [0.1, 0.15) is 146 Å². The summed E-state index contributed by atoms with van der Waals surface area (Å²) in [5.74, 6) is 6.04. The van der Waals surface area contributed by atoms with Crippen LogP contribution >= 0.6 is 0 Å². The van der Waals surface area contributed by atoms with Crippen LogP contribution in [0.5, 0.6) is 0 Å². The smallest absolute Gasteiger partial charge is 0.324 e. The summed E-state index contributed by atoms with van der Waals surface area (Å²) in [6, 6.07) is 34.2. The van der Waals surface area contributed by atoms with Crippen molar-refractivity contribution in [3.05, 3.63) is 217 Å². The molecule has 14 aromatic rings. The quantitative estimate of drug-likeness (QED) is 0.0295. The Bertz CT molecular complexity index is 5980. The predicted molar refractivity (Wildman–Crippen MR) is 462 cm³/mol. The Kier molecular flexibility index (Phi) is 22.8. The molecule has 11 N–H and O–H groups in total. The Morgan fingerprint density at radius 3 is 1.11 bits per heavy atom. The number of hydrogen-bond acceptors (Lipinski definition) is 32. The SMILES string of the molecule is CC(C)[C@](C)(c1ccc(-c2cnc(N)nc2)cc1)c1noc(-c2cnn(CC(C)(C)O)c2)n1.CC(c1ccc(-c2cnc(N)nc2)cc1)(c1noc(N2CC(O)C2)n1)C1CC1.CC1(O)CN(c2nc(C(C)(c3ccc(-c4cnc(N)nc4)cc3)C3CC3)no2)C1.CN(C)C(=O)Cn1cc(-c2nc([C@@](C)(c3ccc(-c4cnc(N)nc4)cc3)C3CC3)no2)cn1. The fraction of sp³-hybridized carbons (Fsp3) is 0.382. The van der Waals surface area contributed by atoms with E-state index in [1.807, 2.05) is 28.9 Å². The van der Waals surface area contributed by atoms with Gasteiger partial charge in [-0.2, -0.15) is 30.1 Å². The second-order valence-corrected chi connectivity index (χ2v) is 34.9. The first-order chi connectivity index (χ1) is 59.3. The number of amides is 1. The molecule has 5 aliphatic rings. The number of aliphatic hydroxyl groups excluding tert-OH is 1. The summed E-state index contributed by atoms with van der Waals surface area (Å²) in [6.07, 6.45) is 27.1. The van der Waals surface area contributed by atoms with E-state index in [-0.39, 0.29) is 64.5 Å². The summed E-state index contributed by atoms with van der Waals surface area (Å²) in [6.45, 7) is 20.8. The normalized spacial score (nSPS) is 16.9. The van der Waals surface area contributed by atoms with Crippen molar-refractivity contribution in [2.75, 3.05) is 73.0 Å². The fourth-order valence-corrected chi connectivity index (χ4v) is 15.9. The highest BCUT2D eigenvalue weighted by atomic mass is 16.5. The van der Waals surface area contributed by atoms with Gasteiger partial charge in [0.2, 0.25) is 29.7 Å². The van der Waals surface area contributed by atoms with Gasteiger partial charge in [-0.3, -0.25) is 14.2 Å². The van der Waals surface area contributed by atoms with Crippen molar-refractivity contribution >= 4 is 41.7 Å². The molecule has 10 aromatic heterocycles. The van der Waals surface area contributed by atoms with Crippen LogP contribution in [-0.2, 0) is 39.5 Å². The second-order valence-electron chi connectivity index (χ2n) is 34.9. The first-order valence-corrected chi connectivity index (χ1v) is 41.3. The van der Waals surface area contributed by atoms with E-state index in [9.17, 15) is 20.1 Å². The van der Waals surface area contributed by atoms with Gasteiger partial charge < -0.3 is 71.0 Å². The molecular weight excluding hydrogens is 1580 g/mol. The number of β-amino-alcohol motifs (C(OH)–C–C–N with tert-alkyl or cyclic N) is 2. The summed E-state index contributed by atoms with van der Waals surface area (Å²) in [5, 5.41) is 55.4. The highest BCUT2D eigenvalue weighted by Gasteiger charge is 2.51. The summed E-state index contributed by atoms with van der Waals surface area (Å²) >= 11 is 0. The Balaban J connectivity index is 0.000000123. The van der Waals surface area contributed by atoms with Crippen molar-refractivity contribution in [2.24, 2.45) is 23.7 Å². The zero-order valence-corrected chi connectivity index (χ0v) is 71.0. The van der Waals surface area contributed by atoms with Gasteiger partial charge in [-0.1, -0.05) is 132 Å². The number of carbonyl (C=O) groups excluding carboxylic acids is 1. The van der Waals surface area contributed by atoms with Crippen molar-refractivity contribution < 1.29 is 38.2 Å². The van der Waals surface area contributed by atoms with Gasteiger partial charge in [-0.25, -0.2) is 39.9 Å². The van der Waals surface area contributed by atoms with E-state index in [0.717, 1.165) is 105 Å². The van der Waals surface area contributed by atoms with E-state index < -0.39 is 16.6 Å². The number of anilines is 6. The Morgan fingerprint density at radius 1 is 0.452 bits per heavy atom. The van der Waals surface area contributed by atoms with Gasteiger partial charge in [0.25, 0.3) is 11.8 Å². The molecule has 3 aliphatic carbocycles. The highest BCUT2D eigenvalue weighted by molar-refractivity contribution is 5.75. The Morgan fingerprint density at radius 2 is 0.774 bits per heavy atom. The lowest BCUT2D eigenvalue weighted by Crippen LogP contribution is -2.60. The molecule has 12 heterocycles. The third kappa shape index (κ3) is 17.9. The number of carbonyl (C=O) groups is 1. The molecule has 2 aliphatic heterocycles. The van der Waals surface area contributed by atoms with Crippen molar-refractivity contribution in [3.8, 4) is 67.4 Å². The first kappa shape index (κ1) is 84.0. The average molecular weight is 1680 g/mol. The number of nitrogens with two attached hydrogens (primary N) is 4. The number of benzene rings is 4. The van der Waals surface area contributed by atoms with Crippen LogP contribution < -0.4 is 32.7 Å². The lowest BCUT2D eigenvalue weighted by molar-refractivity contribution is -0.129. The topological polar surface area (TPSA) is 486 Å². The first-order valence-electron chi connectivity index (χ1n) is 41.3. The van der Waals surface area contributed by atoms with E-state index in [1.165, 1.54) is 4.90 Å². The minimum atomic E-state index is -0.871. The van der Waals surface area contributed by atoms with Crippen molar-refractivity contribution in [1.29, 1.82) is 0 Å². The fourth-order valence-electron chi connectivity index (χ4n) is 15.9. The molecular formula is C89H101N27O8. The molecule has 1 amide bonds. The zero-order chi connectivity index (χ0) is 87.2. The largest absolute Gasteiger partial charge is 0.389 e. The number of likely N-dealkylation sites (N-methyl/N-ethyl adjacent to an activating group) is 1. The van der Waals surface area contributed by atoms with Crippen LogP contribution in [0.25, 0.3) is 67.4 Å². The maximum Gasteiger partial charge on any atom is 0.324 e. The number of nitrogens with zero attached hydrogens (tertiary/aromatic N) is 23. The number of nitrogen functional groups attached to an aromatic ring is 4. The second kappa shape index (κ2) is 33.6. The van der Waals surface area contributed by atoms with Gasteiger partial charge in [-0.15, -0.1) is 0 Å². The van der Waals surface area contributed by atoms with Crippen LogP contribution in [-0.4, -0.2) is 184 Å². The summed E-state index contributed by atoms with van der Waals surface area (Å²) in [7, 11) is 3.43. The Hall–Kier alpha value is -13.7. The van der Waals surface area contributed by atoms with Crippen LogP contribution in [0.2, 0.25) is 0 Å². The van der Waals surface area contributed by atoms with Crippen LogP contribution in [0.4, 0.5) is 35.8 Å². The van der Waals surface area contributed by atoms with Crippen molar-refractivity contribution in [1.82, 2.24) is 105 Å². The van der Waals surface area contributed by atoms with Crippen LogP contribution in [0.3, 0.4) is 0 Å². The van der Waals surface area contributed by atoms with Crippen LogP contribution in [0, 0.1) is 23.7 Å².